The Morgan fingerprint density at radius 3 is 1.81 bits per heavy atom. The van der Waals surface area contributed by atoms with Crippen LogP contribution in [0.2, 0.25) is 0 Å². The maximum atomic E-state index is 5.92. The molecule has 0 N–H and O–H groups in total. The van der Waals surface area contributed by atoms with Crippen molar-refractivity contribution in [1.29, 1.82) is 0 Å². The van der Waals surface area contributed by atoms with Gasteiger partial charge in [0.2, 0.25) is 0 Å². The van der Waals surface area contributed by atoms with Crippen LogP contribution in [0.4, 0.5) is 0 Å². The predicted molar refractivity (Wildman–Crippen MR) is 67.5 cm³/mol. The summed E-state index contributed by atoms with van der Waals surface area (Å²) >= 11 is -0.277. The Kier molecular flexibility index (Phi) is 2.42. The van der Waals surface area contributed by atoms with Gasteiger partial charge >= 0.3 is 106 Å². The van der Waals surface area contributed by atoms with Gasteiger partial charge in [-0.1, -0.05) is 0 Å². The Bertz CT molecular complexity index is 511. The van der Waals surface area contributed by atoms with Gasteiger partial charge in [-0.05, 0) is 0 Å². The van der Waals surface area contributed by atoms with Crippen molar-refractivity contribution in [3.05, 3.63) is 47.5 Å². The first-order valence-corrected chi connectivity index (χ1v) is 7.62. The van der Waals surface area contributed by atoms with Crippen LogP contribution in [0.1, 0.15) is 11.1 Å². The van der Waals surface area contributed by atoms with Gasteiger partial charge in [-0.3, -0.25) is 0 Å². The van der Waals surface area contributed by atoms with Crippen molar-refractivity contribution in [2.45, 2.75) is 13.8 Å². The summed E-state index contributed by atoms with van der Waals surface area (Å²) in [5.74, 6) is 2.12. The van der Waals surface area contributed by atoms with E-state index in [0.717, 1.165) is 11.5 Å². The van der Waals surface area contributed by atoms with E-state index >= 15 is 0 Å². The van der Waals surface area contributed by atoms with Gasteiger partial charge in [0.1, 0.15) is 0 Å². The first-order valence-electron chi connectivity index (χ1n) is 5.29. The average Bonchev–Trinajstić information content (AvgIpc) is 2.26. The molecule has 0 atom stereocenters. The third-order valence-corrected chi connectivity index (χ3v) is 5.71. The summed E-state index contributed by atoms with van der Waals surface area (Å²) in [6.07, 6.45) is 0. The summed E-state index contributed by atoms with van der Waals surface area (Å²) in [5, 5.41) is 0. The van der Waals surface area contributed by atoms with E-state index in [9.17, 15) is 0 Å². The molecular formula is C14H12OTe. The molecule has 1 aliphatic heterocycles. The normalized spacial score (nSPS) is 12.6. The third-order valence-electron chi connectivity index (χ3n) is 2.64. The Labute approximate surface area is 106 Å². The van der Waals surface area contributed by atoms with Gasteiger partial charge in [0, 0.05) is 0 Å². The van der Waals surface area contributed by atoms with Crippen molar-refractivity contribution in [3.63, 3.8) is 0 Å². The fourth-order valence-electron chi connectivity index (χ4n) is 1.80. The number of hydrogen-bond donors (Lipinski definition) is 0. The number of rotatable bonds is 0. The molecule has 1 heterocycles. The van der Waals surface area contributed by atoms with Crippen molar-refractivity contribution in [2.24, 2.45) is 0 Å². The maximum absolute atomic E-state index is 5.92. The summed E-state index contributed by atoms with van der Waals surface area (Å²) in [4.78, 5) is 0. The molecule has 0 bridgehead atoms. The molecule has 16 heavy (non-hydrogen) atoms. The molecule has 3 rings (SSSR count). The fourth-order valence-corrected chi connectivity index (χ4v) is 5.07. The molecule has 1 nitrogen and oxygen atoms in total. The van der Waals surface area contributed by atoms with E-state index in [2.05, 4.69) is 50.2 Å². The van der Waals surface area contributed by atoms with Crippen molar-refractivity contribution in [3.8, 4) is 11.5 Å². The molecule has 0 saturated heterocycles. The molecule has 2 aromatic rings. The van der Waals surface area contributed by atoms with Gasteiger partial charge in [0.15, 0.2) is 0 Å². The van der Waals surface area contributed by atoms with Crippen molar-refractivity contribution in [1.82, 2.24) is 0 Å². The molecule has 0 spiro atoms. The number of aryl methyl sites for hydroxylation is 2. The predicted octanol–water partition coefficient (Wildman–Crippen LogP) is 2.06. The van der Waals surface area contributed by atoms with E-state index in [4.69, 9.17) is 4.74 Å². The minimum absolute atomic E-state index is 0.277. The van der Waals surface area contributed by atoms with E-state index in [1.54, 1.807) is 0 Å². The topological polar surface area (TPSA) is 9.23 Å². The van der Waals surface area contributed by atoms with E-state index in [0.29, 0.717) is 0 Å². The van der Waals surface area contributed by atoms with Gasteiger partial charge < -0.3 is 0 Å². The molecule has 0 saturated carbocycles. The van der Waals surface area contributed by atoms with Crippen molar-refractivity contribution >= 4 is 28.1 Å². The van der Waals surface area contributed by atoms with Crippen molar-refractivity contribution < 1.29 is 4.74 Å². The zero-order chi connectivity index (χ0) is 11.1. The standard InChI is InChI=1S/C14H12OTe/c1-9-3-5-11-13(7-9)16-14-8-10(2)4-6-12(14)15-11/h3-8H,1-2H3. The first-order chi connectivity index (χ1) is 7.72. The molecule has 0 unspecified atom stereocenters. The number of benzene rings is 2. The summed E-state index contributed by atoms with van der Waals surface area (Å²) in [5.41, 5.74) is 2.65. The summed E-state index contributed by atoms with van der Waals surface area (Å²) in [6.45, 7) is 4.28. The van der Waals surface area contributed by atoms with Gasteiger partial charge in [-0.25, -0.2) is 0 Å². The third kappa shape index (κ3) is 1.73. The molecule has 0 fully saturated rings. The van der Waals surface area contributed by atoms with Crippen LogP contribution in [0.5, 0.6) is 11.5 Å². The summed E-state index contributed by atoms with van der Waals surface area (Å²) < 4.78 is 8.76. The van der Waals surface area contributed by atoms with E-state index in [-0.39, 0.29) is 20.9 Å². The monoisotopic (exact) mass is 326 g/mol. The van der Waals surface area contributed by atoms with Crippen LogP contribution in [-0.2, 0) is 0 Å². The van der Waals surface area contributed by atoms with Gasteiger partial charge in [-0.15, -0.1) is 0 Å². The zero-order valence-electron chi connectivity index (χ0n) is 9.28. The molecule has 0 amide bonds. The van der Waals surface area contributed by atoms with Gasteiger partial charge in [0.25, 0.3) is 0 Å². The van der Waals surface area contributed by atoms with Gasteiger partial charge in [-0.2, -0.15) is 0 Å². The first kappa shape index (κ1) is 10.2. The molecule has 2 aromatic carbocycles. The minimum atomic E-state index is -0.277. The Morgan fingerprint density at radius 2 is 1.31 bits per heavy atom. The van der Waals surface area contributed by atoms with Crippen LogP contribution in [0.3, 0.4) is 0 Å². The molecule has 0 aromatic heterocycles. The second kappa shape index (κ2) is 3.80. The number of fused-ring (bicyclic) bond motifs is 2. The van der Waals surface area contributed by atoms with Gasteiger partial charge in [0.05, 0.1) is 0 Å². The molecule has 0 aliphatic carbocycles. The van der Waals surface area contributed by atoms with Crippen LogP contribution in [0.15, 0.2) is 36.4 Å². The van der Waals surface area contributed by atoms with E-state index in [1.165, 1.54) is 18.3 Å². The second-order valence-electron chi connectivity index (χ2n) is 4.10. The van der Waals surface area contributed by atoms with Crippen LogP contribution in [-0.4, -0.2) is 20.9 Å². The van der Waals surface area contributed by atoms with E-state index in [1.807, 2.05) is 0 Å². The Balaban J connectivity index is 2.10. The van der Waals surface area contributed by atoms with E-state index < -0.39 is 0 Å². The zero-order valence-corrected chi connectivity index (χ0v) is 11.6. The number of hydrogen-bond acceptors (Lipinski definition) is 1. The van der Waals surface area contributed by atoms with Crippen LogP contribution in [0.25, 0.3) is 0 Å². The average molecular weight is 324 g/mol. The fraction of sp³-hybridized carbons (Fsp3) is 0.143. The Hall–Kier alpha value is -0.970. The van der Waals surface area contributed by atoms with Crippen LogP contribution >= 0.6 is 0 Å². The quantitative estimate of drug-likeness (QED) is 0.576. The van der Waals surface area contributed by atoms with Crippen molar-refractivity contribution in [2.75, 3.05) is 0 Å². The SMILES string of the molecule is Cc1ccc2c(c1)[Te]c1cc(C)ccc1O2. The summed E-state index contributed by atoms with van der Waals surface area (Å²) in [7, 11) is 0. The molecule has 1 aliphatic rings. The Morgan fingerprint density at radius 1 is 0.812 bits per heavy atom. The molecule has 2 heteroatoms. The second-order valence-corrected chi connectivity index (χ2v) is 7.20. The molecular weight excluding hydrogens is 312 g/mol. The molecule has 0 radical (unpaired) electrons. The number of ether oxygens (including phenoxy) is 1. The van der Waals surface area contributed by atoms with Crippen LogP contribution < -0.4 is 12.0 Å². The summed E-state index contributed by atoms with van der Waals surface area (Å²) in [6, 6.07) is 13.0. The molecule has 80 valence electrons. The van der Waals surface area contributed by atoms with Crippen LogP contribution in [0, 0.1) is 13.8 Å².